The maximum Gasteiger partial charge on any atom is 0.264 e. The smallest absolute Gasteiger partial charge is 0.264 e. The van der Waals surface area contributed by atoms with Crippen molar-refractivity contribution >= 4 is 33.2 Å². The summed E-state index contributed by atoms with van der Waals surface area (Å²) < 4.78 is 26.8. The van der Waals surface area contributed by atoms with Crippen LogP contribution >= 0.6 is 11.6 Å². The van der Waals surface area contributed by atoms with Gasteiger partial charge >= 0.3 is 0 Å². The fourth-order valence-corrected chi connectivity index (χ4v) is 5.11. The minimum atomic E-state index is -3.70. The van der Waals surface area contributed by atoms with Crippen LogP contribution in [0.15, 0.2) is 53.4 Å². The summed E-state index contributed by atoms with van der Waals surface area (Å²) in [7, 11) is -2.22. The highest BCUT2D eigenvalue weighted by Crippen LogP contribution is 2.27. The van der Waals surface area contributed by atoms with E-state index in [2.05, 4.69) is 5.32 Å². The Morgan fingerprint density at radius 1 is 1.00 bits per heavy atom. The van der Waals surface area contributed by atoms with Gasteiger partial charge in [0.2, 0.25) is 0 Å². The summed E-state index contributed by atoms with van der Waals surface area (Å²) >= 11 is 6.36. The number of hydrogen-bond donors (Lipinski definition) is 1. The molecule has 0 spiro atoms. The lowest BCUT2D eigenvalue weighted by atomic mass is 9.96. The maximum atomic E-state index is 12.8. The third-order valence-corrected chi connectivity index (χ3v) is 7.52. The van der Waals surface area contributed by atoms with Gasteiger partial charge < -0.3 is 5.32 Å². The molecule has 0 heterocycles. The van der Waals surface area contributed by atoms with Gasteiger partial charge in [0.05, 0.1) is 21.2 Å². The molecule has 29 heavy (non-hydrogen) atoms. The van der Waals surface area contributed by atoms with Crippen molar-refractivity contribution in [3.8, 4) is 0 Å². The molecule has 5 nitrogen and oxygen atoms in total. The number of nitrogens with one attached hydrogen (secondary N) is 1. The van der Waals surface area contributed by atoms with Crippen molar-refractivity contribution < 1.29 is 13.2 Å². The summed E-state index contributed by atoms with van der Waals surface area (Å²) in [6.07, 6.45) is 7.92. The Kier molecular flexibility index (Phi) is 7.19. The van der Waals surface area contributed by atoms with E-state index in [1.54, 1.807) is 42.5 Å². The number of carbonyl (C=O) groups is 1. The number of carbonyl (C=O) groups excluding carboxylic acids is 1. The Labute approximate surface area is 178 Å². The van der Waals surface area contributed by atoms with Gasteiger partial charge in [0, 0.05) is 13.1 Å². The average molecular weight is 435 g/mol. The van der Waals surface area contributed by atoms with Gasteiger partial charge in [-0.2, -0.15) is 0 Å². The third-order valence-electron chi connectivity index (χ3n) is 5.40. The molecule has 1 saturated carbocycles. The van der Waals surface area contributed by atoms with Gasteiger partial charge in [-0.25, -0.2) is 8.42 Å². The van der Waals surface area contributed by atoms with Gasteiger partial charge in [-0.05, 0) is 43.2 Å². The monoisotopic (exact) mass is 434 g/mol. The van der Waals surface area contributed by atoms with E-state index >= 15 is 0 Å². The molecule has 0 saturated heterocycles. The fraction of sp³-hybridized carbons (Fsp3) is 0.409. The van der Waals surface area contributed by atoms with E-state index in [0.29, 0.717) is 11.3 Å². The molecule has 2 aromatic rings. The number of sulfonamides is 1. The molecular formula is C22H27ClN2O3S. The number of hydrogen-bond acceptors (Lipinski definition) is 3. The predicted octanol–water partition coefficient (Wildman–Crippen LogP) is 5.01. The third kappa shape index (κ3) is 5.31. The fourth-order valence-electron chi connectivity index (χ4n) is 3.64. The van der Waals surface area contributed by atoms with Crippen LogP contribution < -0.4 is 9.62 Å². The number of anilines is 1. The van der Waals surface area contributed by atoms with E-state index in [1.165, 1.54) is 36.7 Å². The van der Waals surface area contributed by atoms with E-state index in [1.807, 2.05) is 0 Å². The summed E-state index contributed by atoms with van der Waals surface area (Å²) in [5.74, 6) is -0.208. The zero-order valence-electron chi connectivity index (χ0n) is 16.6. The van der Waals surface area contributed by atoms with Crippen LogP contribution in [-0.2, 0) is 10.0 Å². The molecule has 0 aromatic heterocycles. The molecule has 0 radical (unpaired) electrons. The van der Waals surface area contributed by atoms with Crippen LogP contribution in [0.2, 0.25) is 5.02 Å². The summed E-state index contributed by atoms with van der Waals surface area (Å²) in [6.45, 7) is 0. The first kappa shape index (κ1) is 21.7. The molecule has 1 aliphatic rings. The number of halogens is 1. The van der Waals surface area contributed by atoms with Crippen LogP contribution in [0.1, 0.15) is 55.3 Å². The van der Waals surface area contributed by atoms with Gasteiger partial charge in [0.25, 0.3) is 15.9 Å². The highest BCUT2D eigenvalue weighted by molar-refractivity contribution is 7.92. The first-order valence-electron chi connectivity index (χ1n) is 10.0. The lowest BCUT2D eigenvalue weighted by Crippen LogP contribution is -2.35. The van der Waals surface area contributed by atoms with Gasteiger partial charge in [-0.3, -0.25) is 9.10 Å². The van der Waals surface area contributed by atoms with Crippen molar-refractivity contribution in [2.75, 3.05) is 11.4 Å². The molecule has 0 unspecified atom stereocenters. The van der Waals surface area contributed by atoms with Crippen molar-refractivity contribution in [2.24, 2.45) is 0 Å². The zero-order valence-corrected chi connectivity index (χ0v) is 18.2. The van der Waals surface area contributed by atoms with Gasteiger partial charge in [-0.15, -0.1) is 0 Å². The van der Waals surface area contributed by atoms with Crippen molar-refractivity contribution in [1.82, 2.24) is 5.32 Å². The highest BCUT2D eigenvalue weighted by Gasteiger charge is 2.23. The van der Waals surface area contributed by atoms with Gasteiger partial charge in [0.1, 0.15) is 0 Å². The largest absolute Gasteiger partial charge is 0.349 e. The number of benzene rings is 2. The Morgan fingerprint density at radius 2 is 1.62 bits per heavy atom. The molecule has 0 aliphatic heterocycles. The number of nitrogens with zero attached hydrogens (tertiary/aromatic N) is 1. The van der Waals surface area contributed by atoms with E-state index in [9.17, 15) is 13.2 Å². The molecule has 3 rings (SSSR count). The average Bonchev–Trinajstić information content (AvgIpc) is 2.69. The predicted molar refractivity (Wildman–Crippen MR) is 117 cm³/mol. The Hall–Kier alpha value is -2.05. The van der Waals surface area contributed by atoms with Crippen molar-refractivity contribution in [1.29, 1.82) is 0 Å². The first-order valence-corrected chi connectivity index (χ1v) is 11.9. The van der Waals surface area contributed by atoms with Crippen LogP contribution in [0.4, 0.5) is 5.69 Å². The SMILES string of the molecule is CN(c1ccc(C(=O)NC2CCCCCCC2)c(Cl)c1)S(=O)(=O)c1ccccc1. The second kappa shape index (κ2) is 9.63. The Morgan fingerprint density at radius 3 is 2.24 bits per heavy atom. The second-order valence-corrected chi connectivity index (χ2v) is 9.84. The van der Waals surface area contributed by atoms with Crippen molar-refractivity contribution in [3.63, 3.8) is 0 Å². The molecule has 2 aromatic carbocycles. The molecule has 7 heteroatoms. The van der Waals surface area contributed by atoms with Crippen molar-refractivity contribution in [2.45, 2.75) is 55.9 Å². The minimum Gasteiger partial charge on any atom is -0.349 e. The molecule has 156 valence electrons. The standard InChI is InChI=1S/C22H27ClN2O3S/c1-25(29(27,28)19-12-8-5-9-13-19)18-14-15-20(21(23)16-18)22(26)24-17-10-6-3-2-4-7-11-17/h5,8-9,12-17H,2-4,6-7,10-11H2,1H3,(H,24,26). The molecule has 0 bridgehead atoms. The molecule has 1 amide bonds. The van der Waals surface area contributed by atoms with Crippen LogP contribution in [0, 0.1) is 0 Å². The normalized spacial score (nSPS) is 15.9. The lowest BCUT2D eigenvalue weighted by molar-refractivity contribution is 0.0930. The minimum absolute atomic E-state index is 0.166. The summed E-state index contributed by atoms with van der Waals surface area (Å²) in [4.78, 5) is 12.9. The first-order chi connectivity index (χ1) is 13.9. The van der Waals surface area contributed by atoms with Crippen LogP contribution in [0.3, 0.4) is 0 Å². The molecule has 0 atom stereocenters. The summed E-state index contributed by atoms with van der Waals surface area (Å²) in [6, 6.07) is 13.1. The van der Waals surface area contributed by atoms with Crippen LogP contribution in [0.5, 0.6) is 0 Å². The lowest BCUT2D eigenvalue weighted by Gasteiger charge is -2.22. The van der Waals surface area contributed by atoms with E-state index < -0.39 is 10.0 Å². The zero-order chi connectivity index (χ0) is 20.9. The summed E-state index contributed by atoms with van der Waals surface area (Å²) in [5, 5.41) is 3.33. The molecule has 1 fully saturated rings. The topological polar surface area (TPSA) is 66.5 Å². The quantitative estimate of drug-likeness (QED) is 0.719. The molecule has 1 aliphatic carbocycles. The molecule has 1 N–H and O–H groups in total. The van der Waals surface area contributed by atoms with Crippen molar-refractivity contribution in [3.05, 3.63) is 59.1 Å². The second-order valence-electron chi connectivity index (χ2n) is 7.47. The Bertz CT molecular complexity index is 940. The number of amides is 1. The van der Waals surface area contributed by atoms with Crippen LogP contribution in [0.25, 0.3) is 0 Å². The van der Waals surface area contributed by atoms with E-state index in [4.69, 9.17) is 11.6 Å². The highest BCUT2D eigenvalue weighted by atomic mass is 35.5. The molecular weight excluding hydrogens is 408 g/mol. The number of rotatable bonds is 5. The van der Waals surface area contributed by atoms with E-state index in [-0.39, 0.29) is 21.9 Å². The van der Waals surface area contributed by atoms with Gasteiger partial charge in [-0.1, -0.05) is 61.9 Å². The van der Waals surface area contributed by atoms with E-state index in [0.717, 1.165) is 25.7 Å². The van der Waals surface area contributed by atoms with Crippen LogP contribution in [-0.4, -0.2) is 27.4 Å². The van der Waals surface area contributed by atoms with Gasteiger partial charge in [0.15, 0.2) is 0 Å². The maximum absolute atomic E-state index is 12.8. The Balaban J connectivity index is 1.75. The summed E-state index contributed by atoms with van der Waals surface area (Å²) in [5.41, 5.74) is 0.768.